The molecule has 0 aromatic carbocycles. The van der Waals surface area contributed by atoms with Gasteiger partial charge in [-0.1, -0.05) is 0 Å². The van der Waals surface area contributed by atoms with Crippen LogP contribution in [0.25, 0.3) is 10.2 Å². The van der Waals surface area contributed by atoms with Gasteiger partial charge in [-0.2, -0.15) is 13.2 Å². The Labute approximate surface area is 176 Å². The molecule has 1 amide bonds. The Morgan fingerprint density at radius 2 is 1.73 bits per heavy atom. The lowest BCUT2D eigenvalue weighted by Gasteiger charge is -2.56. The van der Waals surface area contributed by atoms with Gasteiger partial charge in [-0.3, -0.25) is 4.79 Å². The number of alkyl halides is 3. The van der Waals surface area contributed by atoms with Crippen LogP contribution in [0.1, 0.15) is 72.3 Å². The third-order valence-corrected chi connectivity index (χ3v) is 8.80. The molecule has 0 aliphatic heterocycles. The number of hydrogen-bond donors (Lipinski definition) is 2. The Morgan fingerprint density at radius 3 is 2.27 bits per heavy atom. The van der Waals surface area contributed by atoms with Gasteiger partial charge in [-0.15, -0.1) is 11.3 Å². The Hall–Kier alpha value is -1.83. The molecule has 0 radical (unpaired) electrons. The van der Waals surface area contributed by atoms with E-state index in [1.54, 1.807) is 0 Å². The number of aromatic nitrogens is 1. The van der Waals surface area contributed by atoms with Crippen molar-refractivity contribution in [3.63, 3.8) is 0 Å². The van der Waals surface area contributed by atoms with Crippen molar-refractivity contribution in [3.05, 3.63) is 22.2 Å². The molecule has 5 aliphatic rings. The van der Waals surface area contributed by atoms with Gasteiger partial charge >= 0.3 is 6.18 Å². The number of rotatable bonds is 3. The maximum atomic E-state index is 14.1. The van der Waals surface area contributed by atoms with Crippen LogP contribution >= 0.6 is 11.3 Å². The first-order valence-electron chi connectivity index (χ1n) is 10.8. The molecule has 3 N–H and O–H groups in total. The Balaban J connectivity index is 1.50. The van der Waals surface area contributed by atoms with E-state index in [4.69, 9.17) is 10.7 Å². The quantitative estimate of drug-likeness (QED) is 0.691. The fourth-order valence-electron chi connectivity index (χ4n) is 6.69. The molecule has 2 heterocycles. The highest BCUT2D eigenvalue weighted by Gasteiger charge is 2.53. The zero-order valence-corrected chi connectivity index (χ0v) is 17.3. The van der Waals surface area contributed by atoms with E-state index in [0.717, 1.165) is 43.4 Å². The van der Waals surface area contributed by atoms with Crippen LogP contribution in [-0.2, 0) is 11.6 Å². The molecule has 8 heteroatoms. The van der Waals surface area contributed by atoms with Gasteiger partial charge in [0.2, 0.25) is 0 Å². The minimum Gasteiger partial charge on any atom is -0.397 e. The van der Waals surface area contributed by atoms with E-state index < -0.39 is 11.7 Å². The molecule has 30 heavy (non-hydrogen) atoms. The molecule has 0 atom stereocenters. The summed E-state index contributed by atoms with van der Waals surface area (Å²) < 4.78 is 42.3. The summed E-state index contributed by atoms with van der Waals surface area (Å²) in [6.45, 7) is 0. The summed E-state index contributed by atoms with van der Waals surface area (Å²) >= 11 is 1.00. The predicted molar refractivity (Wildman–Crippen MR) is 109 cm³/mol. The van der Waals surface area contributed by atoms with Gasteiger partial charge in [0.25, 0.3) is 5.91 Å². The Kier molecular flexibility index (Phi) is 3.85. The van der Waals surface area contributed by atoms with Gasteiger partial charge in [0.15, 0.2) is 0 Å². The molecular weight excluding hydrogens is 411 g/mol. The zero-order valence-electron chi connectivity index (χ0n) is 16.5. The van der Waals surface area contributed by atoms with E-state index in [2.05, 4.69) is 5.32 Å². The molecule has 2 aromatic rings. The summed E-state index contributed by atoms with van der Waals surface area (Å²) in [6, 6.07) is 1.36. The highest BCUT2D eigenvalue weighted by Crippen LogP contribution is 2.61. The molecule has 0 saturated heterocycles. The number of nitrogens with two attached hydrogens (primary N) is 1. The molecule has 0 spiro atoms. The third-order valence-electron chi connectivity index (χ3n) is 7.70. The Bertz CT molecular complexity index is 1020. The molecule has 5 aliphatic carbocycles. The molecule has 7 rings (SSSR count). The van der Waals surface area contributed by atoms with Gasteiger partial charge < -0.3 is 11.1 Å². The summed E-state index contributed by atoms with van der Waals surface area (Å²) in [6.07, 6.45) is 3.70. The first-order chi connectivity index (χ1) is 14.2. The average molecular weight is 436 g/mol. The van der Waals surface area contributed by atoms with E-state index in [9.17, 15) is 18.0 Å². The summed E-state index contributed by atoms with van der Waals surface area (Å²) in [5, 5.41) is 2.73. The smallest absolute Gasteiger partial charge is 0.397 e. The van der Waals surface area contributed by atoms with Gasteiger partial charge in [0, 0.05) is 22.5 Å². The fourth-order valence-corrected chi connectivity index (χ4v) is 7.71. The summed E-state index contributed by atoms with van der Waals surface area (Å²) in [4.78, 5) is 17.7. The number of pyridine rings is 1. The van der Waals surface area contributed by atoms with Crippen LogP contribution < -0.4 is 11.1 Å². The van der Waals surface area contributed by atoms with Crippen molar-refractivity contribution in [2.75, 3.05) is 5.73 Å². The lowest BCUT2D eigenvalue weighted by atomic mass is 9.48. The zero-order chi connectivity index (χ0) is 20.8. The van der Waals surface area contributed by atoms with Crippen LogP contribution in [0.4, 0.5) is 18.9 Å². The third kappa shape index (κ3) is 2.86. The fraction of sp³-hybridized carbons (Fsp3) is 0.636. The van der Waals surface area contributed by atoms with E-state index >= 15 is 0 Å². The number of nitrogens with zero attached hydrogens (tertiary/aromatic N) is 1. The van der Waals surface area contributed by atoms with Crippen LogP contribution in [-0.4, -0.2) is 16.9 Å². The molecule has 2 aromatic heterocycles. The van der Waals surface area contributed by atoms with Gasteiger partial charge in [-0.25, -0.2) is 4.98 Å². The first kappa shape index (κ1) is 18.9. The average Bonchev–Trinajstić information content (AvgIpc) is 3.40. The minimum absolute atomic E-state index is 0.0926. The van der Waals surface area contributed by atoms with Crippen LogP contribution in [0.3, 0.4) is 0 Å². The SMILES string of the molecule is Nc1c(C(=O)NC2CC2)sc2nc(C34CC5CC(CC(C5)C3)C4)cc(C(F)(F)F)c12. The van der Waals surface area contributed by atoms with E-state index in [-0.39, 0.29) is 38.1 Å². The van der Waals surface area contributed by atoms with Crippen molar-refractivity contribution in [3.8, 4) is 0 Å². The van der Waals surface area contributed by atoms with E-state index in [0.29, 0.717) is 23.4 Å². The molecule has 5 fully saturated rings. The number of thiophene rings is 1. The number of fused-ring (bicyclic) bond motifs is 1. The van der Waals surface area contributed by atoms with E-state index in [1.807, 2.05) is 0 Å². The van der Waals surface area contributed by atoms with Gasteiger partial charge in [0.1, 0.15) is 9.71 Å². The maximum absolute atomic E-state index is 14.1. The standard InChI is InChI=1S/C22H24F3N3OS/c23-22(24,25)14-6-15(21-7-10-3-11(8-21)5-12(4-10)9-21)28-20-16(14)17(26)18(30-20)19(29)27-13-1-2-13/h6,10-13H,1-5,7-9,26H2,(H,27,29). The van der Waals surface area contributed by atoms with Crippen molar-refractivity contribution in [1.29, 1.82) is 0 Å². The number of nitrogens with one attached hydrogen (secondary N) is 1. The Morgan fingerprint density at radius 1 is 1.13 bits per heavy atom. The van der Waals surface area contributed by atoms with E-state index in [1.165, 1.54) is 25.3 Å². The van der Waals surface area contributed by atoms with Gasteiger partial charge in [0.05, 0.1) is 11.3 Å². The molecule has 4 nitrogen and oxygen atoms in total. The van der Waals surface area contributed by atoms with Crippen LogP contribution in [0.15, 0.2) is 6.07 Å². The molecule has 160 valence electrons. The number of amides is 1. The monoisotopic (exact) mass is 435 g/mol. The lowest BCUT2D eigenvalue weighted by molar-refractivity contribution is -0.136. The number of carbonyl (C=O) groups excluding carboxylic acids is 1. The second-order valence-electron chi connectivity index (χ2n) is 10.0. The lowest BCUT2D eigenvalue weighted by Crippen LogP contribution is -2.49. The van der Waals surface area contributed by atoms with Crippen molar-refractivity contribution in [2.45, 2.75) is 69.0 Å². The van der Waals surface area contributed by atoms with Crippen molar-refractivity contribution in [1.82, 2.24) is 10.3 Å². The first-order valence-corrected chi connectivity index (χ1v) is 11.6. The molecular formula is C22H24F3N3OS. The van der Waals surface area contributed by atoms with Gasteiger partial charge in [-0.05, 0) is 75.2 Å². The topological polar surface area (TPSA) is 68.0 Å². The number of nitrogen functional groups attached to an aromatic ring is 1. The number of hydrogen-bond acceptors (Lipinski definition) is 4. The normalized spacial score (nSPS) is 32.7. The summed E-state index contributed by atoms with van der Waals surface area (Å²) in [5.41, 5.74) is 5.58. The number of carbonyl (C=O) groups is 1. The minimum atomic E-state index is -4.54. The van der Waals surface area contributed by atoms with Crippen molar-refractivity contribution >= 4 is 33.1 Å². The second-order valence-corrected chi connectivity index (χ2v) is 11.0. The second kappa shape index (κ2) is 6.11. The molecule has 4 bridgehead atoms. The largest absolute Gasteiger partial charge is 0.417 e. The molecule has 0 unspecified atom stereocenters. The number of anilines is 1. The number of halogens is 3. The summed E-state index contributed by atoms with van der Waals surface area (Å²) in [5.74, 6) is 1.44. The van der Waals surface area contributed by atoms with Crippen LogP contribution in [0, 0.1) is 17.8 Å². The van der Waals surface area contributed by atoms with Crippen molar-refractivity contribution in [2.24, 2.45) is 17.8 Å². The van der Waals surface area contributed by atoms with Crippen LogP contribution in [0.5, 0.6) is 0 Å². The predicted octanol–water partition coefficient (Wildman–Crippen LogP) is 5.26. The molecule has 5 saturated carbocycles. The summed E-state index contributed by atoms with van der Waals surface area (Å²) in [7, 11) is 0. The highest BCUT2D eigenvalue weighted by atomic mass is 32.1. The highest BCUT2D eigenvalue weighted by molar-refractivity contribution is 7.21. The maximum Gasteiger partial charge on any atom is 0.417 e. The van der Waals surface area contributed by atoms with Crippen LogP contribution in [0.2, 0.25) is 0 Å². The van der Waals surface area contributed by atoms with Crippen molar-refractivity contribution < 1.29 is 18.0 Å².